The maximum Gasteiger partial charge on any atom is 0.319 e. The van der Waals surface area contributed by atoms with E-state index in [1.165, 1.54) is 0 Å². The molecule has 0 aliphatic heterocycles. The predicted molar refractivity (Wildman–Crippen MR) is 111 cm³/mol. The molecule has 6 nitrogen and oxygen atoms in total. The second-order valence-corrected chi connectivity index (χ2v) is 7.23. The molecule has 146 valence electrons. The van der Waals surface area contributed by atoms with Crippen molar-refractivity contribution in [1.82, 2.24) is 5.32 Å². The Bertz CT molecular complexity index is 928. The number of amides is 3. The lowest BCUT2D eigenvalue weighted by atomic mass is 10.1. The van der Waals surface area contributed by atoms with Crippen molar-refractivity contribution in [3.05, 3.63) is 60.4 Å². The third-order valence-corrected chi connectivity index (χ3v) is 4.24. The lowest BCUT2D eigenvalue weighted by Crippen LogP contribution is -2.30. The molecule has 1 aromatic heterocycles. The Morgan fingerprint density at radius 2 is 1.57 bits per heavy atom. The SMILES string of the molecule is CC(C)CC(=O)Nc1ccc(NC(=O)NC(C)c2cc3ccccc3o2)cc1. The van der Waals surface area contributed by atoms with Crippen LogP contribution in [0.2, 0.25) is 0 Å². The molecule has 1 atom stereocenters. The molecule has 0 bridgehead atoms. The fourth-order valence-corrected chi connectivity index (χ4v) is 2.87. The molecule has 0 aliphatic carbocycles. The van der Waals surface area contributed by atoms with Gasteiger partial charge in [0, 0.05) is 23.2 Å². The van der Waals surface area contributed by atoms with Gasteiger partial charge in [0.1, 0.15) is 11.3 Å². The number of anilines is 2. The second kappa shape index (κ2) is 8.61. The van der Waals surface area contributed by atoms with Crippen molar-refractivity contribution in [2.45, 2.75) is 33.2 Å². The maximum atomic E-state index is 12.3. The van der Waals surface area contributed by atoms with Gasteiger partial charge in [-0.1, -0.05) is 32.0 Å². The summed E-state index contributed by atoms with van der Waals surface area (Å²) in [4.78, 5) is 24.1. The Hall–Kier alpha value is -3.28. The van der Waals surface area contributed by atoms with Crippen LogP contribution in [0.25, 0.3) is 11.0 Å². The molecule has 0 saturated carbocycles. The van der Waals surface area contributed by atoms with E-state index in [1.54, 1.807) is 24.3 Å². The topological polar surface area (TPSA) is 83.4 Å². The number of urea groups is 1. The third-order valence-electron chi connectivity index (χ3n) is 4.24. The highest BCUT2D eigenvalue weighted by Crippen LogP contribution is 2.23. The molecule has 3 amide bonds. The molecule has 0 fully saturated rings. The van der Waals surface area contributed by atoms with Crippen LogP contribution in [0.5, 0.6) is 0 Å². The molecular formula is C22H25N3O3. The molecule has 0 spiro atoms. The monoisotopic (exact) mass is 379 g/mol. The summed E-state index contributed by atoms with van der Waals surface area (Å²) >= 11 is 0. The lowest BCUT2D eigenvalue weighted by molar-refractivity contribution is -0.116. The summed E-state index contributed by atoms with van der Waals surface area (Å²) in [6.07, 6.45) is 0.474. The molecule has 2 aromatic carbocycles. The molecule has 28 heavy (non-hydrogen) atoms. The number of hydrogen-bond acceptors (Lipinski definition) is 3. The molecule has 3 aromatic rings. The summed E-state index contributed by atoms with van der Waals surface area (Å²) < 4.78 is 5.78. The summed E-state index contributed by atoms with van der Waals surface area (Å²) in [7, 11) is 0. The van der Waals surface area contributed by atoms with Gasteiger partial charge in [-0.15, -0.1) is 0 Å². The van der Waals surface area contributed by atoms with Gasteiger partial charge in [-0.25, -0.2) is 4.79 Å². The van der Waals surface area contributed by atoms with Gasteiger partial charge in [-0.05, 0) is 49.2 Å². The van der Waals surface area contributed by atoms with Gasteiger partial charge in [-0.3, -0.25) is 4.79 Å². The number of carbonyl (C=O) groups excluding carboxylic acids is 2. The molecule has 0 aliphatic rings. The van der Waals surface area contributed by atoms with E-state index in [-0.39, 0.29) is 18.0 Å². The van der Waals surface area contributed by atoms with Crippen LogP contribution in [-0.4, -0.2) is 11.9 Å². The zero-order valence-corrected chi connectivity index (χ0v) is 16.3. The van der Waals surface area contributed by atoms with Crippen LogP contribution >= 0.6 is 0 Å². The minimum absolute atomic E-state index is 0.0203. The normalized spacial score (nSPS) is 12.0. The Kier molecular flexibility index (Phi) is 5.99. The van der Waals surface area contributed by atoms with Crippen LogP contribution < -0.4 is 16.0 Å². The molecule has 0 radical (unpaired) electrons. The van der Waals surface area contributed by atoms with Crippen LogP contribution in [0, 0.1) is 5.92 Å². The van der Waals surface area contributed by atoms with Crippen LogP contribution in [0.3, 0.4) is 0 Å². The Morgan fingerprint density at radius 3 is 2.21 bits per heavy atom. The number of fused-ring (bicyclic) bond motifs is 1. The summed E-state index contributed by atoms with van der Waals surface area (Å²) in [5.41, 5.74) is 2.13. The zero-order chi connectivity index (χ0) is 20.1. The van der Waals surface area contributed by atoms with E-state index in [9.17, 15) is 9.59 Å². The molecule has 6 heteroatoms. The fraction of sp³-hybridized carbons (Fsp3) is 0.273. The highest BCUT2D eigenvalue weighted by Gasteiger charge is 2.14. The molecule has 3 rings (SSSR count). The van der Waals surface area contributed by atoms with Gasteiger partial charge >= 0.3 is 6.03 Å². The third kappa shape index (κ3) is 5.13. The number of furan rings is 1. The highest BCUT2D eigenvalue weighted by molar-refractivity contribution is 5.92. The summed E-state index contributed by atoms with van der Waals surface area (Å²) in [6, 6.07) is 16.1. The van der Waals surface area contributed by atoms with E-state index in [1.807, 2.05) is 51.1 Å². The van der Waals surface area contributed by atoms with E-state index in [2.05, 4.69) is 16.0 Å². The molecule has 0 saturated heterocycles. The first-order valence-corrected chi connectivity index (χ1v) is 9.36. The van der Waals surface area contributed by atoms with Crippen molar-refractivity contribution in [3.8, 4) is 0 Å². The minimum atomic E-state index is -0.329. The number of hydrogen-bond donors (Lipinski definition) is 3. The van der Waals surface area contributed by atoms with Crippen LogP contribution in [0.15, 0.2) is 59.0 Å². The van der Waals surface area contributed by atoms with Crippen molar-refractivity contribution in [1.29, 1.82) is 0 Å². The Balaban J connectivity index is 1.54. The summed E-state index contributed by atoms with van der Waals surface area (Å²) in [5.74, 6) is 0.978. The van der Waals surface area contributed by atoms with Gasteiger partial charge in [0.25, 0.3) is 0 Å². The number of rotatable bonds is 6. The highest BCUT2D eigenvalue weighted by atomic mass is 16.3. The van der Waals surface area contributed by atoms with Crippen molar-refractivity contribution < 1.29 is 14.0 Å². The van der Waals surface area contributed by atoms with Crippen molar-refractivity contribution in [2.24, 2.45) is 5.92 Å². The van der Waals surface area contributed by atoms with Crippen molar-refractivity contribution in [3.63, 3.8) is 0 Å². The largest absolute Gasteiger partial charge is 0.459 e. The van der Waals surface area contributed by atoms with Gasteiger partial charge in [0.15, 0.2) is 0 Å². The zero-order valence-electron chi connectivity index (χ0n) is 16.3. The standard InChI is InChI=1S/C22H25N3O3/c1-14(2)12-21(26)24-17-8-10-18(11-9-17)25-22(27)23-15(3)20-13-16-6-4-5-7-19(16)28-20/h4-11,13-15H,12H2,1-3H3,(H,24,26)(H2,23,25,27). The predicted octanol–water partition coefficient (Wildman–Crippen LogP) is 5.30. The molecule has 1 heterocycles. The lowest BCUT2D eigenvalue weighted by Gasteiger charge is -2.13. The maximum absolute atomic E-state index is 12.3. The number of benzene rings is 2. The summed E-state index contributed by atoms with van der Waals surface area (Å²) in [5, 5.41) is 9.49. The average molecular weight is 379 g/mol. The van der Waals surface area contributed by atoms with E-state index in [0.717, 1.165) is 11.0 Å². The van der Waals surface area contributed by atoms with Crippen LogP contribution in [-0.2, 0) is 4.79 Å². The smallest absolute Gasteiger partial charge is 0.319 e. The molecule has 3 N–H and O–H groups in total. The minimum Gasteiger partial charge on any atom is -0.459 e. The summed E-state index contributed by atoms with van der Waals surface area (Å²) in [6.45, 7) is 5.86. The number of nitrogens with one attached hydrogen (secondary N) is 3. The Morgan fingerprint density at radius 1 is 0.929 bits per heavy atom. The average Bonchev–Trinajstić information content (AvgIpc) is 3.07. The molecular weight excluding hydrogens is 354 g/mol. The van der Waals surface area contributed by atoms with E-state index in [4.69, 9.17) is 4.42 Å². The van der Waals surface area contributed by atoms with Gasteiger partial charge in [0.2, 0.25) is 5.91 Å². The van der Waals surface area contributed by atoms with Gasteiger partial charge in [-0.2, -0.15) is 0 Å². The van der Waals surface area contributed by atoms with Gasteiger partial charge in [0.05, 0.1) is 6.04 Å². The van der Waals surface area contributed by atoms with E-state index >= 15 is 0 Å². The van der Waals surface area contributed by atoms with Crippen molar-refractivity contribution in [2.75, 3.05) is 10.6 Å². The van der Waals surface area contributed by atoms with Crippen LogP contribution in [0.4, 0.5) is 16.2 Å². The fourth-order valence-electron chi connectivity index (χ4n) is 2.87. The van der Waals surface area contributed by atoms with E-state index in [0.29, 0.717) is 29.5 Å². The van der Waals surface area contributed by atoms with E-state index < -0.39 is 0 Å². The second-order valence-electron chi connectivity index (χ2n) is 7.23. The Labute approximate surface area is 164 Å². The quantitative estimate of drug-likeness (QED) is 0.543. The number of para-hydroxylation sites is 1. The first-order chi connectivity index (χ1) is 13.4. The van der Waals surface area contributed by atoms with Gasteiger partial charge < -0.3 is 20.4 Å². The molecule has 1 unspecified atom stereocenters. The first kappa shape index (κ1) is 19.5. The van der Waals surface area contributed by atoms with Crippen molar-refractivity contribution >= 4 is 34.3 Å². The van der Waals surface area contributed by atoms with Crippen LogP contribution in [0.1, 0.15) is 39.0 Å². The first-order valence-electron chi connectivity index (χ1n) is 9.36. The number of carbonyl (C=O) groups is 2.